The largest absolute Gasteiger partial charge is 0.456 e. The molecule has 2 N–H and O–H groups in total. The second kappa shape index (κ2) is 6.95. The first-order chi connectivity index (χ1) is 15.9. The van der Waals surface area contributed by atoms with Gasteiger partial charge in [-0.3, -0.25) is 4.79 Å². The number of cyclic esters (lactones) is 1. The molecule has 0 radical (unpaired) electrons. The van der Waals surface area contributed by atoms with Crippen molar-refractivity contribution in [1.29, 1.82) is 0 Å². The van der Waals surface area contributed by atoms with Crippen LogP contribution in [-0.2, 0) is 19.1 Å². The van der Waals surface area contributed by atoms with Crippen molar-refractivity contribution in [3.05, 3.63) is 11.1 Å². The smallest absolute Gasteiger partial charge is 0.334 e. The van der Waals surface area contributed by atoms with Crippen molar-refractivity contribution in [2.75, 3.05) is 0 Å². The molecule has 4 aliphatic carbocycles. The zero-order valence-corrected chi connectivity index (χ0v) is 21.2. The summed E-state index contributed by atoms with van der Waals surface area (Å²) in [5.41, 5.74) is -0.809. The third kappa shape index (κ3) is 2.58. The van der Waals surface area contributed by atoms with Crippen LogP contribution in [0.4, 0.5) is 0 Å². The Morgan fingerprint density at radius 2 is 1.79 bits per heavy atom. The predicted octanol–water partition coefficient (Wildman–Crippen LogP) is 3.72. The summed E-state index contributed by atoms with van der Waals surface area (Å²) < 4.78 is 12.0. The minimum Gasteiger partial charge on any atom is -0.456 e. The fraction of sp³-hybridized carbons (Fsp3) is 0.857. The first kappa shape index (κ1) is 23.2. The maximum Gasteiger partial charge on any atom is 0.334 e. The van der Waals surface area contributed by atoms with Crippen molar-refractivity contribution in [1.82, 2.24) is 0 Å². The molecule has 0 bridgehead atoms. The van der Waals surface area contributed by atoms with Crippen molar-refractivity contribution in [3.63, 3.8) is 0 Å². The van der Waals surface area contributed by atoms with Crippen LogP contribution in [-0.4, -0.2) is 51.5 Å². The van der Waals surface area contributed by atoms with Gasteiger partial charge in [0.15, 0.2) is 0 Å². The molecular formula is C28H40O6. The summed E-state index contributed by atoms with van der Waals surface area (Å²) in [5.74, 6) is 0.961. The lowest BCUT2D eigenvalue weighted by Crippen LogP contribution is -2.65. The van der Waals surface area contributed by atoms with Crippen LogP contribution < -0.4 is 0 Å². The van der Waals surface area contributed by atoms with Crippen LogP contribution in [0.5, 0.6) is 0 Å². The van der Waals surface area contributed by atoms with Gasteiger partial charge in [0.05, 0.1) is 17.6 Å². The number of fused-ring (bicyclic) bond motifs is 4. The van der Waals surface area contributed by atoms with E-state index in [0.29, 0.717) is 36.7 Å². The SMILES string of the molecule is CC1=C(C)C(=O)OC(C(C)(O)C2CCC3C4CC5OC56C(O)CCC(=O)C6(C)C4CCC32C)C1. The molecule has 0 amide bonds. The van der Waals surface area contributed by atoms with Crippen molar-refractivity contribution in [2.24, 2.45) is 34.5 Å². The molecule has 34 heavy (non-hydrogen) atoms. The fourth-order valence-electron chi connectivity index (χ4n) is 9.93. The number of hydrogen-bond acceptors (Lipinski definition) is 6. The minimum absolute atomic E-state index is 0.0298. The second-order valence-corrected chi connectivity index (χ2v) is 13.1. The molecule has 6 aliphatic rings. The van der Waals surface area contributed by atoms with Crippen molar-refractivity contribution in [2.45, 2.75) is 115 Å². The summed E-state index contributed by atoms with van der Waals surface area (Å²) in [6.45, 7) is 10.0. The monoisotopic (exact) mass is 472 g/mol. The Hall–Kier alpha value is -1.24. The Morgan fingerprint density at radius 1 is 1.06 bits per heavy atom. The average molecular weight is 473 g/mol. The zero-order chi connectivity index (χ0) is 24.4. The van der Waals surface area contributed by atoms with E-state index in [-0.39, 0.29) is 35.1 Å². The maximum absolute atomic E-state index is 13.4. The number of Topliss-reactive ketones (excluding diaryl/α,β-unsaturated/α-hetero) is 1. The molecule has 11 unspecified atom stereocenters. The molecule has 0 aromatic rings. The highest BCUT2D eigenvalue weighted by Gasteiger charge is 2.81. The summed E-state index contributed by atoms with van der Waals surface area (Å²) >= 11 is 0. The Kier molecular flexibility index (Phi) is 4.74. The van der Waals surface area contributed by atoms with Gasteiger partial charge in [0.1, 0.15) is 23.1 Å². The van der Waals surface area contributed by atoms with Crippen LogP contribution >= 0.6 is 0 Å². The van der Waals surface area contributed by atoms with E-state index in [9.17, 15) is 19.8 Å². The number of carbonyl (C=O) groups is 2. The molecule has 6 rings (SSSR count). The molecule has 5 fully saturated rings. The Morgan fingerprint density at radius 3 is 2.50 bits per heavy atom. The van der Waals surface area contributed by atoms with E-state index < -0.39 is 28.8 Å². The highest BCUT2D eigenvalue weighted by Crippen LogP contribution is 2.73. The summed E-state index contributed by atoms with van der Waals surface area (Å²) in [6.07, 6.45) is 5.10. The number of hydrogen-bond donors (Lipinski definition) is 2. The predicted molar refractivity (Wildman–Crippen MR) is 125 cm³/mol. The van der Waals surface area contributed by atoms with Crippen molar-refractivity contribution in [3.8, 4) is 0 Å². The number of epoxide rings is 1. The Labute approximate surface area is 202 Å². The molecule has 4 saturated carbocycles. The lowest BCUT2D eigenvalue weighted by atomic mass is 9.43. The molecule has 0 aromatic heterocycles. The first-order valence-electron chi connectivity index (χ1n) is 13.4. The quantitative estimate of drug-likeness (QED) is 0.470. The highest BCUT2D eigenvalue weighted by atomic mass is 16.6. The van der Waals surface area contributed by atoms with Crippen LogP contribution in [0.1, 0.15) is 86.0 Å². The van der Waals surface area contributed by atoms with Gasteiger partial charge in [0.2, 0.25) is 0 Å². The van der Waals surface area contributed by atoms with Crippen molar-refractivity contribution < 1.29 is 29.3 Å². The number of esters is 1. The molecule has 0 aromatic carbocycles. The van der Waals surface area contributed by atoms with Crippen molar-refractivity contribution >= 4 is 11.8 Å². The maximum atomic E-state index is 13.4. The second-order valence-electron chi connectivity index (χ2n) is 13.1. The van der Waals surface area contributed by atoms with Crippen LogP contribution in [0.2, 0.25) is 0 Å². The molecule has 1 spiro atoms. The molecule has 188 valence electrons. The fourth-order valence-corrected chi connectivity index (χ4v) is 9.93. The van der Waals surface area contributed by atoms with Crippen LogP contribution in [0.25, 0.3) is 0 Å². The van der Waals surface area contributed by atoms with Crippen LogP contribution in [0.3, 0.4) is 0 Å². The molecule has 2 aliphatic heterocycles. The standard InChI is InChI=1S/C28H40O6/c1-14-12-22(33-24(31)15(14)2)27(5,32)19-7-6-17-16-13-23-28(34-23)21(30)9-8-20(29)26(28,4)18(16)10-11-25(17,19)3/h16-19,21-23,30,32H,6-13H2,1-5H3. The van der Waals surface area contributed by atoms with E-state index in [1.165, 1.54) is 0 Å². The molecule has 6 heteroatoms. The normalized spacial score (nSPS) is 53.8. The number of rotatable bonds is 2. The lowest BCUT2D eigenvalue weighted by Gasteiger charge is -2.59. The van der Waals surface area contributed by atoms with E-state index in [0.717, 1.165) is 37.7 Å². The van der Waals surface area contributed by atoms with Gasteiger partial charge in [-0.05, 0) is 95.3 Å². The van der Waals surface area contributed by atoms with Gasteiger partial charge in [0, 0.05) is 18.4 Å². The van der Waals surface area contributed by atoms with Crippen LogP contribution in [0.15, 0.2) is 11.1 Å². The lowest BCUT2D eigenvalue weighted by molar-refractivity contribution is -0.186. The van der Waals surface area contributed by atoms with Gasteiger partial charge >= 0.3 is 5.97 Å². The number of aliphatic hydroxyl groups is 2. The third-order valence-corrected chi connectivity index (χ3v) is 12.0. The van der Waals surface area contributed by atoms with Gasteiger partial charge < -0.3 is 19.7 Å². The topological polar surface area (TPSA) is 96.4 Å². The van der Waals surface area contributed by atoms with Gasteiger partial charge in [-0.1, -0.05) is 12.5 Å². The Balaban J connectivity index is 1.31. The van der Waals surface area contributed by atoms with Gasteiger partial charge in [-0.15, -0.1) is 0 Å². The Bertz CT molecular complexity index is 983. The molecule has 6 nitrogen and oxygen atoms in total. The number of aliphatic hydroxyl groups excluding tert-OH is 1. The van der Waals surface area contributed by atoms with Gasteiger partial charge in [0.25, 0.3) is 0 Å². The summed E-state index contributed by atoms with van der Waals surface area (Å²) in [4.78, 5) is 25.8. The first-order valence-corrected chi connectivity index (χ1v) is 13.4. The summed E-state index contributed by atoms with van der Waals surface area (Å²) in [5, 5.41) is 22.8. The van der Waals surface area contributed by atoms with E-state index in [2.05, 4.69) is 13.8 Å². The number of ether oxygens (including phenoxy) is 2. The summed E-state index contributed by atoms with van der Waals surface area (Å²) in [7, 11) is 0. The van der Waals surface area contributed by atoms with Gasteiger partial charge in [-0.25, -0.2) is 4.79 Å². The molecular weight excluding hydrogens is 432 g/mol. The zero-order valence-electron chi connectivity index (χ0n) is 21.2. The minimum atomic E-state index is -1.11. The highest BCUT2D eigenvalue weighted by molar-refractivity contribution is 5.90. The van der Waals surface area contributed by atoms with Crippen LogP contribution in [0, 0.1) is 34.5 Å². The van der Waals surface area contributed by atoms with E-state index in [1.807, 2.05) is 13.8 Å². The number of ketones is 1. The average Bonchev–Trinajstić information content (AvgIpc) is 3.40. The molecule has 11 atom stereocenters. The molecule has 1 saturated heterocycles. The van der Waals surface area contributed by atoms with E-state index in [4.69, 9.17) is 9.47 Å². The summed E-state index contributed by atoms with van der Waals surface area (Å²) in [6, 6.07) is 0. The van der Waals surface area contributed by atoms with Gasteiger partial charge in [-0.2, -0.15) is 0 Å². The number of carbonyl (C=O) groups excluding carboxylic acids is 2. The van der Waals surface area contributed by atoms with E-state index in [1.54, 1.807) is 6.92 Å². The van der Waals surface area contributed by atoms with E-state index >= 15 is 0 Å². The third-order valence-electron chi connectivity index (χ3n) is 12.0. The molecule has 2 heterocycles.